The highest BCUT2D eigenvalue weighted by Crippen LogP contribution is 2.22. The van der Waals surface area contributed by atoms with Crippen molar-refractivity contribution in [2.45, 2.75) is 40.2 Å². The minimum atomic E-state index is 0.467. The van der Waals surface area contributed by atoms with Gasteiger partial charge in [0.1, 0.15) is 0 Å². The Morgan fingerprint density at radius 2 is 1.95 bits per heavy atom. The molecule has 2 unspecified atom stereocenters. The zero-order valence-electron chi connectivity index (χ0n) is 12.9. The number of benzene rings is 1. The van der Waals surface area contributed by atoms with Gasteiger partial charge in [0.2, 0.25) is 0 Å². The first kappa shape index (κ1) is 14.5. The van der Waals surface area contributed by atoms with Crippen molar-refractivity contribution in [2.75, 3.05) is 26.2 Å². The first-order valence-corrected chi connectivity index (χ1v) is 7.62. The molecule has 1 fully saturated rings. The molecule has 1 aromatic rings. The smallest absolute Gasteiger partial charge is 0.0449 e. The zero-order chi connectivity index (χ0) is 13.8. The van der Waals surface area contributed by atoms with E-state index in [1.807, 2.05) is 0 Å². The van der Waals surface area contributed by atoms with Gasteiger partial charge in [-0.05, 0) is 44.8 Å². The number of hydrogen-bond donors (Lipinski definition) is 1. The van der Waals surface area contributed by atoms with E-state index in [0.717, 1.165) is 19.0 Å². The summed E-state index contributed by atoms with van der Waals surface area (Å²) in [5.74, 6) is 0.863. The van der Waals surface area contributed by atoms with E-state index in [-0.39, 0.29) is 0 Å². The van der Waals surface area contributed by atoms with Crippen molar-refractivity contribution >= 4 is 0 Å². The summed E-state index contributed by atoms with van der Waals surface area (Å²) in [5, 5.41) is 3.65. The second kappa shape index (κ2) is 6.53. The highest BCUT2D eigenvalue weighted by atomic mass is 15.2. The predicted octanol–water partition coefficient (Wildman–Crippen LogP) is 3.30. The topological polar surface area (TPSA) is 15.3 Å². The van der Waals surface area contributed by atoms with Crippen LogP contribution in [-0.4, -0.2) is 31.1 Å². The molecule has 19 heavy (non-hydrogen) atoms. The van der Waals surface area contributed by atoms with Gasteiger partial charge in [-0.25, -0.2) is 0 Å². The largest absolute Gasteiger partial charge is 0.309 e. The second-order valence-electron chi connectivity index (χ2n) is 6.18. The summed E-state index contributed by atoms with van der Waals surface area (Å²) in [7, 11) is 0. The number of hydrogen-bond acceptors (Lipinski definition) is 2. The first-order valence-electron chi connectivity index (χ1n) is 7.62. The quantitative estimate of drug-likeness (QED) is 0.874. The fraction of sp³-hybridized carbons (Fsp3) is 0.647. The van der Waals surface area contributed by atoms with Crippen LogP contribution in [0.15, 0.2) is 18.2 Å². The third-order valence-electron chi connectivity index (χ3n) is 4.05. The Labute approximate surface area is 118 Å². The molecule has 0 bridgehead atoms. The van der Waals surface area contributed by atoms with Gasteiger partial charge in [0, 0.05) is 19.1 Å². The van der Waals surface area contributed by atoms with Crippen LogP contribution in [0.2, 0.25) is 0 Å². The third-order valence-corrected chi connectivity index (χ3v) is 4.05. The van der Waals surface area contributed by atoms with Gasteiger partial charge in [-0.3, -0.25) is 0 Å². The lowest BCUT2D eigenvalue weighted by molar-refractivity contribution is 0.286. The monoisotopic (exact) mass is 260 g/mol. The molecule has 0 saturated carbocycles. The van der Waals surface area contributed by atoms with Crippen molar-refractivity contribution in [2.24, 2.45) is 5.92 Å². The van der Waals surface area contributed by atoms with Crippen molar-refractivity contribution in [3.63, 3.8) is 0 Å². The molecule has 0 aromatic heterocycles. The Morgan fingerprint density at radius 1 is 1.26 bits per heavy atom. The van der Waals surface area contributed by atoms with Gasteiger partial charge in [0.15, 0.2) is 0 Å². The lowest BCUT2D eigenvalue weighted by atomic mass is 10.0. The molecule has 2 heteroatoms. The summed E-state index contributed by atoms with van der Waals surface area (Å²) in [6.45, 7) is 13.6. The average molecular weight is 260 g/mol. The standard InChI is InChI=1S/C17H28N2/c1-5-18-17(12-19-7-6-13(2)11-19)16-9-14(3)8-15(4)10-16/h8-10,13,17-18H,5-7,11-12H2,1-4H3. The molecule has 2 rings (SSSR count). The summed E-state index contributed by atoms with van der Waals surface area (Å²) in [6, 6.07) is 7.39. The molecule has 1 aromatic carbocycles. The maximum Gasteiger partial charge on any atom is 0.0449 e. The summed E-state index contributed by atoms with van der Waals surface area (Å²) in [6.07, 6.45) is 1.35. The second-order valence-corrected chi connectivity index (χ2v) is 6.18. The number of likely N-dealkylation sites (N-methyl/N-ethyl adjacent to an activating group) is 1. The Balaban J connectivity index is 2.10. The molecule has 106 valence electrons. The van der Waals surface area contributed by atoms with Gasteiger partial charge in [-0.1, -0.05) is 43.2 Å². The van der Waals surface area contributed by atoms with Crippen LogP contribution in [0.5, 0.6) is 0 Å². The van der Waals surface area contributed by atoms with Crippen LogP contribution in [0.4, 0.5) is 0 Å². The van der Waals surface area contributed by atoms with Crippen molar-refractivity contribution < 1.29 is 0 Å². The molecule has 0 aliphatic carbocycles. The van der Waals surface area contributed by atoms with E-state index in [1.54, 1.807) is 0 Å². The third kappa shape index (κ3) is 4.05. The zero-order valence-corrected chi connectivity index (χ0v) is 12.9. The molecule has 1 saturated heterocycles. The fourth-order valence-electron chi connectivity index (χ4n) is 3.20. The number of likely N-dealkylation sites (tertiary alicyclic amines) is 1. The summed E-state index contributed by atoms with van der Waals surface area (Å²) in [4.78, 5) is 2.61. The van der Waals surface area contributed by atoms with Gasteiger partial charge in [-0.2, -0.15) is 0 Å². The molecule has 1 aliphatic heterocycles. The van der Waals surface area contributed by atoms with Crippen molar-refractivity contribution in [1.82, 2.24) is 10.2 Å². The molecule has 1 N–H and O–H groups in total. The van der Waals surface area contributed by atoms with E-state index >= 15 is 0 Å². The molecule has 0 amide bonds. The van der Waals surface area contributed by atoms with Crippen LogP contribution in [0.3, 0.4) is 0 Å². The van der Waals surface area contributed by atoms with Crippen molar-refractivity contribution in [3.05, 3.63) is 34.9 Å². The van der Waals surface area contributed by atoms with Crippen LogP contribution in [0, 0.1) is 19.8 Å². The van der Waals surface area contributed by atoms with Gasteiger partial charge in [-0.15, -0.1) is 0 Å². The van der Waals surface area contributed by atoms with E-state index in [2.05, 4.69) is 56.1 Å². The number of aryl methyl sites for hydroxylation is 2. The number of rotatable bonds is 5. The Kier molecular flexibility index (Phi) is 5.00. The van der Waals surface area contributed by atoms with Gasteiger partial charge >= 0.3 is 0 Å². The summed E-state index contributed by atoms with van der Waals surface area (Å²) < 4.78 is 0. The molecule has 0 radical (unpaired) electrons. The lowest BCUT2D eigenvalue weighted by Gasteiger charge is -2.25. The summed E-state index contributed by atoms with van der Waals surface area (Å²) in [5.41, 5.74) is 4.18. The maximum absolute atomic E-state index is 3.65. The molecule has 2 nitrogen and oxygen atoms in total. The van der Waals surface area contributed by atoms with Crippen molar-refractivity contribution in [1.29, 1.82) is 0 Å². The van der Waals surface area contributed by atoms with Crippen LogP contribution >= 0.6 is 0 Å². The van der Waals surface area contributed by atoms with E-state index < -0.39 is 0 Å². The van der Waals surface area contributed by atoms with E-state index in [9.17, 15) is 0 Å². The van der Waals surface area contributed by atoms with Crippen LogP contribution in [-0.2, 0) is 0 Å². The van der Waals surface area contributed by atoms with E-state index in [0.29, 0.717) is 6.04 Å². The SMILES string of the molecule is CCNC(CN1CCC(C)C1)c1cc(C)cc(C)c1. The molecule has 1 heterocycles. The number of nitrogens with zero attached hydrogens (tertiary/aromatic N) is 1. The van der Waals surface area contributed by atoms with Gasteiger partial charge < -0.3 is 10.2 Å². The molecular weight excluding hydrogens is 232 g/mol. The van der Waals surface area contributed by atoms with Gasteiger partial charge in [0.25, 0.3) is 0 Å². The van der Waals surface area contributed by atoms with Crippen LogP contribution in [0.25, 0.3) is 0 Å². The highest BCUT2D eigenvalue weighted by molar-refractivity contribution is 5.31. The normalized spacial score (nSPS) is 21.8. The fourth-order valence-corrected chi connectivity index (χ4v) is 3.20. The molecule has 1 aliphatic rings. The maximum atomic E-state index is 3.65. The van der Waals surface area contributed by atoms with E-state index in [1.165, 1.54) is 36.2 Å². The lowest BCUT2D eigenvalue weighted by Crippen LogP contribution is -2.34. The minimum absolute atomic E-state index is 0.467. The minimum Gasteiger partial charge on any atom is -0.309 e. The predicted molar refractivity (Wildman–Crippen MR) is 82.6 cm³/mol. The van der Waals surface area contributed by atoms with Gasteiger partial charge in [0.05, 0.1) is 0 Å². The molecular formula is C17H28N2. The van der Waals surface area contributed by atoms with Crippen LogP contribution < -0.4 is 5.32 Å². The Morgan fingerprint density at radius 3 is 2.47 bits per heavy atom. The van der Waals surface area contributed by atoms with Crippen molar-refractivity contribution in [3.8, 4) is 0 Å². The Bertz CT molecular complexity index is 393. The molecule has 2 atom stereocenters. The van der Waals surface area contributed by atoms with Crippen LogP contribution in [0.1, 0.15) is 43.0 Å². The van der Waals surface area contributed by atoms with E-state index in [4.69, 9.17) is 0 Å². The highest BCUT2D eigenvalue weighted by Gasteiger charge is 2.22. The average Bonchev–Trinajstić information content (AvgIpc) is 2.73. The first-order chi connectivity index (χ1) is 9.08. The summed E-state index contributed by atoms with van der Waals surface area (Å²) >= 11 is 0. The number of nitrogens with one attached hydrogen (secondary N) is 1. The Hall–Kier alpha value is -0.860. The molecule has 0 spiro atoms.